The molecule has 3 N–H and O–H groups in total. The largest absolute Gasteiger partial charge is 0.344 e. The summed E-state index contributed by atoms with van der Waals surface area (Å²) in [4.78, 5) is 12.3. The Morgan fingerprint density at radius 2 is 2.14 bits per heavy atom. The highest BCUT2D eigenvalue weighted by Crippen LogP contribution is 2.41. The van der Waals surface area contributed by atoms with Crippen molar-refractivity contribution in [1.29, 1.82) is 0 Å². The monoisotopic (exact) mass is 285 g/mol. The number of nitrogens with one attached hydrogen (secondary N) is 1. The Balaban J connectivity index is 1.72. The first kappa shape index (κ1) is 13.8. The molecule has 1 aromatic carbocycles. The van der Waals surface area contributed by atoms with Gasteiger partial charge in [0, 0.05) is 6.54 Å². The van der Waals surface area contributed by atoms with Gasteiger partial charge in [-0.1, -0.05) is 35.5 Å². The van der Waals surface area contributed by atoms with E-state index in [1.807, 2.05) is 18.2 Å². The van der Waals surface area contributed by atoms with Crippen LogP contribution in [0.3, 0.4) is 0 Å². The lowest BCUT2D eigenvalue weighted by atomic mass is 10.0. The number of benzene rings is 1. The third kappa shape index (κ3) is 3.28. The van der Waals surface area contributed by atoms with Crippen molar-refractivity contribution in [2.45, 2.75) is 25.4 Å². The summed E-state index contributed by atoms with van der Waals surface area (Å²) in [7, 11) is 0. The van der Waals surface area contributed by atoms with E-state index >= 15 is 0 Å². The number of carbonyl (C=O) groups is 1. The van der Waals surface area contributed by atoms with E-state index in [9.17, 15) is 4.79 Å². The maximum atomic E-state index is 12.3. The zero-order chi connectivity index (χ0) is 14.7. The van der Waals surface area contributed by atoms with Gasteiger partial charge in [-0.3, -0.25) is 9.48 Å². The van der Waals surface area contributed by atoms with E-state index in [1.54, 1.807) is 10.9 Å². The lowest BCUT2D eigenvalue weighted by Gasteiger charge is -2.17. The van der Waals surface area contributed by atoms with Crippen molar-refractivity contribution < 1.29 is 4.79 Å². The Kier molecular flexibility index (Phi) is 3.96. The molecule has 0 aliphatic heterocycles. The van der Waals surface area contributed by atoms with Crippen LogP contribution in [0.1, 0.15) is 34.9 Å². The number of hydrogen-bond acceptors (Lipinski definition) is 4. The van der Waals surface area contributed by atoms with Crippen LogP contribution < -0.4 is 11.1 Å². The van der Waals surface area contributed by atoms with Gasteiger partial charge in [-0.2, -0.15) is 0 Å². The summed E-state index contributed by atoms with van der Waals surface area (Å²) in [6, 6.07) is 10.1. The van der Waals surface area contributed by atoms with Crippen molar-refractivity contribution in [3.05, 3.63) is 47.8 Å². The molecule has 1 amide bonds. The highest BCUT2D eigenvalue weighted by molar-refractivity contribution is 5.92. The molecule has 110 valence electrons. The second-order valence-corrected chi connectivity index (χ2v) is 5.35. The molecule has 1 fully saturated rings. The van der Waals surface area contributed by atoms with Gasteiger partial charge in [0.15, 0.2) is 5.69 Å². The first-order chi connectivity index (χ1) is 10.3. The van der Waals surface area contributed by atoms with E-state index in [0.717, 1.165) is 18.4 Å². The predicted molar refractivity (Wildman–Crippen MR) is 78.4 cm³/mol. The molecule has 1 aromatic heterocycles. The number of amides is 1. The quantitative estimate of drug-likeness (QED) is 0.832. The van der Waals surface area contributed by atoms with Gasteiger partial charge in [-0.05, 0) is 24.3 Å². The fraction of sp³-hybridized carbons (Fsp3) is 0.400. The lowest BCUT2D eigenvalue weighted by Crippen LogP contribution is -2.30. The minimum atomic E-state index is -0.181. The maximum absolute atomic E-state index is 12.3. The van der Waals surface area contributed by atoms with Crippen LogP contribution in [0.4, 0.5) is 0 Å². The number of nitrogens with zero attached hydrogens (tertiary/aromatic N) is 3. The van der Waals surface area contributed by atoms with Crippen molar-refractivity contribution in [3.63, 3.8) is 0 Å². The Labute approximate surface area is 123 Å². The Bertz CT molecular complexity index is 606. The molecule has 1 unspecified atom stereocenters. The van der Waals surface area contributed by atoms with E-state index in [2.05, 4.69) is 27.8 Å². The van der Waals surface area contributed by atoms with Gasteiger partial charge in [-0.25, -0.2) is 0 Å². The third-order valence-electron chi connectivity index (χ3n) is 3.67. The summed E-state index contributed by atoms with van der Waals surface area (Å²) in [5, 5.41) is 10.9. The lowest BCUT2D eigenvalue weighted by molar-refractivity contribution is 0.0926. The Morgan fingerprint density at radius 1 is 1.38 bits per heavy atom. The molecule has 6 nitrogen and oxygen atoms in total. The van der Waals surface area contributed by atoms with Gasteiger partial charge in [0.05, 0.1) is 18.8 Å². The minimum Gasteiger partial charge on any atom is -0.344 e. The van der Waals surface area contributed by atoms with Crippen molar-refractivity contribution in [2.24, 2.45) is 11.7 Å². The highest BCUT2D eigenvalue weighted by Gasteiger charge is 2.33. The second kappa shape index (κ2) is 6.05. The molecule has 0 saturated heterocycles. The van der Waals surface area contributed by atoms with Crippen LogP contribution in [0.5, 0.6) is 0 Å². The van der Waals surface area contributed by atoms with Crippen LogP contribution >= 0.6 is 0 Å². The molecular weight excluding hydrogens is 266 g/mol. The first-order valence-corrected chi connectivity index (χ1v) is 7.24. The molecule has 3 rings (SSSR count). The molecule has 1 atom stereocenters. The van der Waals surface area contributed by atoms with Crippen LogP contribution in [0, 0.1) is 5.92 Å². The van der Waals surface area contributed by atoms with Gasteiger partial charge < -0.3 is 11.1 Å². The molecule has 6 heteroatoms. The zero-order valence-electron chi connectivity index (χ0n) is 11.8. The Morgan fingerprint density at radius 3 is 2.81 bits per heavy atom. The molecular formula is C15H19N5O. The van der Waals surface area contributed by atoms with Crippen LogP contribution in [0.15, 0.2) is 36.5 Å². The average Bonchev–Trinajstić information content (AvgIpc) is 3.24. The number of nitrogens with two attached hydrogens (primary N) is 1. The van der Waals surface area contributed by atoms with Crippen LogP contribution in [-0.2, 0) is 6.54 Å². The smallest absolute Gasteiger partial charge is 0.273 e. The summed E-state index contributed by atoms with van der Waals surface area (Å²) in [5.74, 6) is 0.342. The predicted octanol–water partition coefficient (Wildman–Crippen LogP) is 1.12. The standard InChI is InChI=1S/C15H19N5O/c16-8-9-20-10-13(18-19-20)15(21)17-14(12-6-7-12)11-4-2-1-3-5-11/h1-5,10,12,14H,6-9,16H2,(H,17,21). The summed E-state index contributed by atoms with van der Waals surface area (Å²) < 4.78 is 1.59. The molecule has 0 spiro atoms. The van der Waals surface area contributed by atoms with Crippen LogP contribution in [0.2, 0.25) is 0 Å². The van der Waals surface area contributed by atoms with Gasteiger partial charge in [-0.15, -0.1) is 5.10 Å². The highest BCUT2D eigenvalue weighted by atomic mass is 16.2. The maximum Gasteiger partial charge on any atom is 0.273 e. The Hall–Kier alpha value is -2.21. The molecule has 0 bridgehead atoms. The first-order valence-electron chi connectivity index (χ1n) is 7.24. The topological polar surface area (TPSA) is 85.8 Å². The zero-order valence-corrected chi connectivity index (χ0v) is 11.8. The molecule has 1 aliphatic carbocycles. The molecule has 2 aromatic rings. The number of rotatable bonds is 6. The fourth-order valence-corrected chi connectivity index (χ4v) is 2.42. The molecule has 21 heavy (non-hydrogen) atoms. The van der Waals surface area contributed by atoms with E-state index < -0.39 is 0 Å². The summed E-state index contributed by atoms with van der Waals surface area (Å²) >= 11 is 0. The SMILES string of the molecule is NCCn1cc(C(=O)NC(c2ccccc2)C2CC2)nn1. The van der Waals surface area contributed by atoms with E-state index in [-0.39, 0.29) is 11.9 Å². The van der Waals surface area contributed by atoms with E-state index in [4.69, 9.17) is 5.73 Å². The molecule has 1 heterocycles. The van der Waals surface area contributed by atoms with Crippen LogP contribution in [-0.4, -0.2) is 27.4 Å². The van der Waals surface area contributed by atoms with Crippen molar-refractivity contribution in [3.8, 4) is 0 Å². The molecule has 0 radical (unpaired) electrons. The number of aromatic nitrogens is 3. The van der Waals surface area contributed by atoms with E-state index in [0.29, 0.717) is 24.7 Å². The van der Waals surface area contributed by atoms with Crippen LogP contribution in [0.25, 0.3) is 0 Å². The van der Waals surface area contributed by atoms with Crippen molar-refractivity contribution >= 4 is 5.91 Å². The fourth-order valence-electron chi connectivity index (χ4n) is 2.42. The summed E-state index contributed by atoms with van der Waals surface area (Å²) in [6.07, 6.45) is 3.94. The number of carbonyl (C=O) groups excluding carboxylic acids is 1. The summed E-state index contributed by atoms with van der Waals surface area (Å²) in [5.41, 5.74) is 6.94. The molecule has 1 saturated carbocycles. The third-order valence-corrected chi connectivity index (χ3v) is 3.67. The molecule has 1 aliphatic rings. The van der Waals surface area contributed by atoms with Crippen molar-refractivity contribution in [1.82, 2.24) is 20.3 Å². The van der Waals surface area contributed by atoms with Gasteiger partial charge in [0.25, 0.3) is 5.91 Å². The van der Waals surface area contributed by atoms with Crippen molar-refractivity contribution in [2.75, 3.05) is 6.54 Å². The number of hydrogen-bond donors (Lipinski definition) is 2. The van der Waals surface area contributed by atoms with Gasteiger partial charge in [0.2, 0.25) is 0 Å². The minimum absolute atomic E-state index is 0.0540. The normalized spacial score (nSPS) is 15.7. The van der Waals surface area contributed by atoms with Gasteiger partial charge >= 0.3 is 0 Å². The van der Waals surface area contributed by atoms with E-state index in [1.165, 1.54) is 0 Å². The summed E-state index contributed by atoms with van der Waals surface area (Å²) in [6.45, 7) is 1.03. The average molecular weight is 285 g/mol. The van der Waals surface area contributed by atoms with Gasteiger partial charge in [0.1, 0.15) is 0 Å². The second-order valence-electron chi connectivity index (χ2n) is 5.35.